The summed E-state index contributed by atoms with van der Waals surface area (Å²) in [4.78, 5) is 46.2. The highest BCUT2D eigenvalue weighted by Crippen LogP contribution is 2.39. The molecule has 2 aromatic heterocycles. The average molecular weight is 671 g/mol. The Kier molecular flexibility index (Phi) is 10.7. The lowest BCUT2D eigenvalue weighted by Gasteiger charge is -2.27. The molecule has 2 atom stereocenters. The first kappa shape index (κ1) is 34.9. The highest BCUT2D eigenvalue weighted by Gasteiger charge is 2.24. The fourth-order valence-electron chi connectivity index (χ4n) is 7.24. The van der Waals surface area contributed by atoms with Crippen LogP contribution in [-0.4, -0.2) is 54.6 Å². The van der Waals surface area contributed by atoms with Gasteiger partial charge in [-0.25, -0.2) is 9.97 Å². The second-order valence-corrected chi connectivity index (χ2v) is 13.5. The number of nitrogens with one attached hydrogen (secondary N) is 2. The molecule has 2 N–H and O–H groups in total. The van der Waals surface area contributed by atoms with Crippen LogP contribution in [0.4, 0.5) is 0 Å². The molecule has 2 amide bonds. The average Bonchev–Trinajstić information content (AvgIpc) is 3.84. The minimum absolute atomic E-state index is 0.129. The van der Waals surface area contributed by atoms with Gasteiger partial charge in [0.25, 0.3) is 0 Å². The number of H-pyrrole nitrogens is 2. The first-order valence-corrected chi connectivity index (χ1v) is 18.4. The Hall–Kier alpha value is -4.98. The van der Waals surface area contributed by atoms with Crippen molar-refractivity contribution in [2.24, 2.45) is 0 Å². The third kappa shape index (κ3) is 6.76. The van der Waals surface area contributed by atoms with E-state index in [4.69, 9.17) is 9.97 Å². The van der Waals surface area contributed by atoms with Crippen LogP contribution in [0.5, 0.6) is 0 Å². The topological polar surface area (TPSA) is 98.0 Å². The van der Waals surface area contributed by atoms with E-state index in [9.17, 15) is 9.59 Å². The lowest BCUT2D eigenvalue weighted by atomic mass is 9.91. The van der Waals surface area contributed by atoms with Gasteiger partial charge in [-0.1, -0.05) is 76.2 Å². The molecular weight excluding hydrogens is 621 g/mol. The summed E-state index contributed by atoms with van der Waals surface area (Å²) in [5, 5.41) is 7.10. The predicted octanol–water partition coefficient (Wildman–Crippen LogP) is 10.1. The monoisotopic (exact) mass is 670 g/mol. The van der Waals surface area contributed by atoms with E-state index < -0.39 is 0 Å². The van der Waals surface area contributed by atoms with Gasteiger partial charge in [-0.15, -0.1) is 0 Å². The summed E-state index contributed by atoms with van der Waals surface area (Å²) in [5.41, 5.74) is 3.98. The fraction of sp³-hybridized carbons (Fsp3) is 0.381. The van der Waals surface area contributed by atoms with Crippen molar-refractivity contribution in [3.05, 3.63) is 84.7 Å². The molecule has 8 nitrogen and oxygen atoms in total. The number of amides is 2. The van der Waals surface area contributed by atoms with Crippen LogP contribution in [0.1, 0.15) is 104 Å². The van der Waals surface area contributed by atoms with Crippen LogP contribution < -0.4 is 0 Å². The van der Waals surface area contributed by atoms with Gasteiger partial charge in [0.05, 0.1) is 35.9 Å². The number of hydrogen-bond donors (Lipinski definition) is 2. The summed E-state index contributed by atoms with van der Waals surface area (Å²) in [6.45, 7) is 13.8. The number of imidazole rings is 2. The number of benzene rings is 4. The van der Waals surface area contributed by atoms with Gasteiger partial charge in [-0.05, 0) is 84.0 Å². The van der Waals surface area contributed by atoms with Gasteiger partial charge >= 0.3 is 0 Å². The van der Waals surface area contributed by atoms with E-state index in [1.54, 1.807) is 0 Å². The summed E-state index contributed by atoms with van der Waals surface area (Å²) in [7, 11) is 0. The van der Waals surface area contributed by atoms with Gasteiger partial charge in [0.2, 0.25) is 11.8 Å². The van der Waals surface area contributed by atoms with Crippen LogP contribution in [0.3, 0.4) is 0 Å². The van der Waals surface area contributed by atoms with Crippen molar-refractivity contribution < 1.29 is 9.59 Å². The molecule has 6 rings (SSSR count). The quantitative estimate of drug-likeness (QED) is 0.113. The summed E-state index contributed by atoms with van der Waals surface area (Å²) in [5.74, 6) is 1.95. The molecule has 6 aromatic rings. The molecule has 0 spiro atoms. The SMILES string of the molecule is CCCC(=O)N(CCC)C(C)c1ncc(-c2ccc3c4ccc(-c5cnc(C(C)N(CCC)C(=O)CCC)[nH]5)cc4c4ccccc4c3c2)[nH]1. The van der Waals surface area contributed by atoms with E-state index in [-0.39, 0.29) is 23.9 Å². The second kappa shape index (κ2) is 15.3. The number of fused-ring (bicyclic) bond motifs is 6. The number of aromatic nitrogens is 4. The van der Waals surface area contributed by atoms with E-state index >= 15 is 0 Å². The first-order valence-electron chi connectivity index (χ1n) is 18.4. The van der Waals surface area contributed by atoms with E-state index in [0.29, 0.717) is 25.9 Å². The Labute approximate surface area is 295 Å². The van der Waals surface area contributed by atoms with E-state index in [0.717, 1.165) is 59.8 Å². The lowest BCUT2D eigenvalue weighted by Crippen LogP contribution is -2.34. The zero-order chi connectivity index (χ0) is 35.4. The maximum Gasteiger partial charge on any atom is 0.223 e. The van der Waals surface area contributed by atoms with Crippen LogP contribution in [-0.2, 0) is 9.59 Å². The van der Waals surface area contributed by atoms with E-state index in [1.807, 2.05) is 36.0 Å². The van der Waals surface area contributed by atoms with Gasteiger partial charge < -0.3 is 19.8 Å². The zero-order valence-corrected chi connectivity index (χ0v) is 30.3. The maximum atomic E-state index is 12.9. The molecule has 0 aliphatic heterocycles. The molecular formula is C42H50N6O2. The summed E-state index contributed by atoms with van der Waals surface area (Å²) in [6.07, 6.45) is 8.34. The number of carbonyl (C=O) groups excluding carboxylic acids is 2. The second-order valence-electron chi connectivity index (χ2n) is 13.5. The molecule has 0 saturated heterocycles. The molecule has 50 heavy (non-hydrogen) atoms. The minimum Gasteiger partial charge on any atom is -0.340 e. The molecule has 0 saturated carbocycles. The van der Waals surface area contributed by atoms with Crippen molar-refractivity contribution in [1.82, 2.24) is 29.7 Å². The Morgan fingerprint density at radius 3 is 1.36 bits per heavy atom. The third-order valence-corrected chi connectivity index (χ3v) is 9.87. The van der Waals surface area contributed by atoms with Crippen LogP contribution in [0.15, 0.2) is 73.1 Å². The first-order chi connectivity index (χ1) is 24.3. The van der Waals surface area contributed by atoms with Crippen LogP contribution in [0.2, 0.25) is 0 Å². The highest BCUT2D eigenvalue weighted by molar-refractivity contribution is 6.26. The van der Waals surface area contributed by atoms with E-state index in [1.165, 1.54) is 32.3 Å². The third-order valence-electron chi connectivity index (χ3n) is 9.87. The van der Waals surface area contributed by atoms with Gasteiger partial charge in [0, 0.05) is 37.1 Å². The number of carbonyl (C=O) groups is 2. The van der Waals surface area contributed by atoms with Gasteiger partial charge in [0.1, 0.15) is 11.6 Å². The molecule has 0 bridgehead atoms. The van der Waals surface area contributed by atoms with Crippen molar-refractivity contribution >= 4 is 44.1 Å². The highest BCUT2D eigenvalue weighted by atomic mass is 16.2. The Morgan fingerprint density at radius 1 is 0.580 bits per heavy atom. The van der Waals surface area contributed by atoms with Crippen molar-refractivity contribution in [2.45, 2.75) is 92.2 Å². The smallest absolute Gasteiger partial charge is 0.223 e. The van der Waals surface area contributed by atoms with Crippen LogP contribution >= 0.6 is 0 Å². The molecule has 8 heteroatoms. The van der Waals surface area contributed by atoms with Crippen molar-refractivity contribution in [3.63, 3.8) is 0 Å². The molecule has 4 aromatic carbocycles. The normalized spacial score (nSPS) is 12.8. The molecule has 260 valence electrons. The number of aromatic amines is 2. The van der Waals surface area contributed by atoms with Crippen LogP contribution in [0, 0.1) is 0 Å². The zero-order valence-electron chi connectivity index (χ0n) is 30.3. The molecule has 2 heterocycles. The summed E-state index contributed by atoms with van der Waals surface area (Å²) in [6, 6.07) is 21.6. The predicted molar refractivity (Wildman–Crippen MR) is 205 cm³/mol. The summed E-state index contributed by atoms with van der Waals surface area (Å²) >= 11 is 0. The number of nitrogens with zero attached hydrogens (tertiary/aromatic N) is 4. The Morgan fingerprint density at radius 2 is 0.980 bits per heavy atom. The molecule has 0 radical (unpaired) electrons. The van der Waals surface area contributed by atoms with Gasteiger partial charge in [0.15, 0.2) is 0 Å². The van der Waals surface area contributed by atoms with E-state index in [2.05, 4.69) is 98.3 Å². The largest absolute Gasteiger partial charge is 0.340 e. The Balaban J connectivity index is 1.36. The minimum atomic E-state index is -0.129. The van der Waals surface area contributed by atoms with Gasteiger partial charge in [-0.3, -0.25) is 9.59 Å². The van der Waals surface area contributed by atoms with Gasteiger partial charge in [-0.2, -0.15) is 0 Å². The van der Waals surface area contributed by atoms with Crippen molar-refractivity contribution in [3.8, 4) is 22.5 Å². The van der Waals surface area contributed by atoms with Crippen molar-refractivity contribution in [1.29, 1.82) is 0 Å². The molecule has 0 aliphatic rings. The maximum absolute atomic E-state index is 12.9. The standard InChI is InChI=1S/C42H50N6O2/c1-7-13-39(49)47(21-9-3)27(5)41-43-25-37(45-41)29-17-19-33-34-20-18-30(24-36(34)32-16-12-11-15-31(32)35(33)23-29)38-26-44-42(46-38)28(6)48(22-10-4)40(50)14-8-2/h11-12,15-20,23-28H,7-10,13-14,21-22H2,1-6H3,(H,43,45)(H,44,46). The molecule has 0 fully saturated rings. The number of rotatable bonds is 14. The number of hydrogen-bond acceptors (Lipinski definition) is 4. The van der Waals surface area contributed by atoms with Crippen molar-refractivity contribution in [2.75, 3.05) is 13.1 Å². The lowest BCUT2D eigenvalue weighted by molar-refractivity contribution is -0.134. The molecule has 0 aliphatic carbocycles. The summed E-state index contributed by atoms with van der Waals surface area (Å²) < 4.78 is 0. The molecule has 2 unspecified atom stereocenters. The Bertz CT molecular complexity index is 1960. The van der Waals surface area contributed by atoms with Crippen LogP contribution in [0.25, 0.3) is 54.8 Å². The fourth-order valence-corrected chi connectivity index (χ4v) is 7.24.